The number of aliphatic carboxylic acids is 1. The summed E-state index contributed by atoms with van der Waals surface area (Å²) in [7, 11) is 0. The summed E-state index contributed by atoms with van der Waals surface area (Å²) in [5, 5.41) is 8.73. The van der Waals surface area contributed by atoms with Gasteiger partial charge in [0.1, 0.15) is 23.4 Å². The van der Waals surface area contributed by atoms with Crippen molar-refractivity contribution < 1.29 is 29.0 Å². The minimum absolute atomic E-state index is 0.171. The molecule has 0 fully saturated rings. The van der Waals surface area contributed by atoms with Crippen LogP contribution < -0.4 is 9.47 Å². The lowest BCUT2D eigenvalue weighted by Gasteiger charge is -2.43. The van der Waals surface area contributed by atoms with Crippen molar-refractivity contribution in [2.24, 2.45) is 23.7 Å². The van der Waals surface area contributed by atoms with Crippen molar-refractivity contribution in [1.29, 1.82) is 0 Å². The Morgan fingerprint density at radius 2 is 1.31 bits per heavy atom. The highest BCUT2D eigenvalue weighted by Gasteiger charge is 2.41. The molecule has 0 aromatic heterocycles. The van der Waals surface area contributed by atoms with Crippen LogP contribution in [0.5, 0.6) is 11.5 Å². The first kappa shape index (κ1) is 42.8. The summed E-state index contributed by atoms with van der Waals surface area (Å²) >= 11 is 0. The standard InChI is InChI=1S/C43H72O6/c1-31(2)19-17-20-32(3)21-18-22-33(4)25-26-37(28-30-44)43(8)29-27-38-36(7)41(34(5)35(6)42(38)49-43)48-40(47)24-16-14-12-10-9-11-13-15-23-39(45)46/h30-33,37H,9-29H2,1-8H3,(H,45,46)/t32-,33-,37?,43+/m1/s1. The summed E-state index contributed by atoms with van der Waals surface area (Å²) in [6.45, 7) is 17.7. The second kappa shape index (κ2) is 22.4. The second-order valence-corrected chi connectivity index (χ2v) is 16.3. The van der Waals surface area contributed by atoms with Crippen molar-refractivity contribution >= 4 is 18.2 Å². The lowest BCUT2D eigenvalue weighted by Crippen LogP contribution is -2.44. The first-order valence-electron chi connectivity index (χ1n) is 20.0. The normalized spacial score (nSPS) is 17.7. The van der Waals surface area contributed by atoms with Gasteiger partial charge in [0.15, 0.2) is 0 Å². The Balaban J connectivity index is 1.89. The summed E-state index contributed by atoms with van der Waals surface area (Å²) < 4.78 is 12.9. The maximum absolute atomic E-state index is 12.9. The van der Waals surface area contributed by atoms with Crippen molar-refractivity contribution in [3.05, 3.63) is 22.3 Å². The molecule has 280 valence electrons. The van der Waals surface area contributed by atoms with Crippen LogP contribution in [0.3, 0.4) is 0 Å². The molecule has 0 spiro atoms. The van der Waals surface area contributed by atoms with Gasteiger partial charge in [-0.15, -0.1) is 0 Å². The number of fused-ring (bicyclic) bond motifs is 1. The predicted octanol–water partition coefficient (Wildman–Crippen LogP) is 11.8. The van der Waals surface area contributed by atoms with Gasteiger partial charge in [0.25, 0.3) is 0 Å². The maximum atomic E-state index is 12.9. The molecular weight excluding hydrogens is 612 g/mol. The molecule has 1 aliphatic heterocycles. The Morgan fingerprint density at radius 1 is 0.755 bits per heavy atom. The zero-order chi connectivity index (χ0) is 36.4. The lowest BCUT2D eigenvalue weighted by atomic mass is 9.75. The Kier molecular flexibility index (Phi) is 19.6. The number of benzene rings is 1. The molecule has 0 saturated carbocycles. The van der Waals surface area contributed by atoms with Crippen molar-refractivity contribution in [2.45, 2.75) is 196 Å². The fourth-order valence-electron chi connectivity index (χ4n) is 7.72. The number of hydrogen-bond donors (Lipinski definition) is 1. The van der Waals surface area contributed by atoms with Gasteiger partial charge in [-0.2, -0.15) is 0 Å². The van der Waals surface area contributed by atoms with E-state index in [0.717, 1.165) is 123 Å². The van der Waals surface area contributed by atoms with Gasteiger partial charge in [-0.05, 0) is 94.2 Å². The highest BCUT2D eigenvalue weighted by molar-refractivity contribution is 5.74. The minimum Gasteiger partial charge on any atom is -0.487 e. The van der Waals surface area contributed by atoms with E-state index in [1.54, 1.807) is 0 Å². The topological polar surface area (TPSA) is 89.9 Å². The fourth-order valence-corrected chi connectivity index (χ4v) is 7.72. The van der Waals surface area contributed by atoms with Crippen molar-refractivity contribution in [3.8, 4) is 11.5 Å². The Morgan fingerprint density at radius 3 is 1.88 bits per heavy atom. The zero-order valence-corrected chi connectivity index (χ0v) is 32.7. The third kappa shape index (κ3) is 15.2. The van der Waals surface area contributed by atoms with Crippen molar-refractivity contribution in [1.82, 2.24) is 0 Å². The molecule has 1 aromatic carbocycles. The van der Waals surface area contributed by atoms with Crippen LogP contribution in [0.15, 0.2) is 0 Å². The number of carboxylic acid groups (broad SMARTS) is 1. The van der Waals surface area contributed by atoms with Gasteiger partial charge in [-0.3, -0.25) is 9.59 Å². The third-order valence-electron chi connectivity index (χ3n) is 11.4. The summed E-state index contributed by atoms with van der Waals surface area (Å²) in [4.78, 5) is 35.3. The van der Waals surface area contributed by atoms with Crippen LogP contribution in [-0.4, -0.2) is 28.9 Å². The average molecular weight is 685 g/mol. The van der Waals surface area contributed by atoms with E-state index < -0.39 is 11.6 Å². The molecule has 49 heavy (non-hydrogen) atoms. The number of ether oxygens (including phenoxy) is 2. The number of hydrogen-bond acceptors (Lipinski definition) is 5. The molecule has 1 N–H and O–H groups in total. The third-order valence-corrected chi connectivity index (χ3v) is 11.4. The molecule has 2 rings (SSSR count). The number of carboxylic acids is 1. The van der Waals surface area contributed by atoms with Gasteiger partial charge >= 0.3 is 11.9 Å². The van der Waals surface area contributed by atoms with E-state index in [2.05, 4.69) is 41.5 Å². The van der Waals surface area contributed by atoms with Crippen LogP contribution in [-0.2, 0) is 20.8 Å². The number of unbranched alkanes of at least 4 members (excludes halogenated alkanes) is 7. The van der Waals surface area contributed by atoms with Crippen LogP contribution >= 0.6 is 0 Å². The monoisotopic (exact) mass is 685 g/mol. The number of aldehydes is 1. The van der Waals surface area contributed by atoms with Gasteiger partial charge in [-0.1, -0.05) is 111 Å². The van der Waals surface area contributed by atoms with Gasteiger partial charge in [0.05, 0.1) is 0 Å². The van der Waals surface area contributed by atoms with E-state index in [-0.39, 0.29) is 18.3 Å². The smallest absolute Gasteiger partial charge is 0.311 e. The highest BCUT2D eigenvalue weighted by atomic mass is 16.5. The lowest BCUT2D eigenvalue weighted by molar-refractivity contribution is -0.137. The van der Waals surface area contributed by atoms with Crippen LogP contribution in [0, 0.1) is 44.4 Å². The average Bonchev–Trinajstić information content (AvgIpc) is 3.04. The molecule has 6 heteroatoms. The van der Waals surface area contributed by atoms with Crippen LogP contribution in [0.4, 0.5) is 0 Å². The molecule has 0 bridgehead atoms. The molecule has 1 aliphatic rings. The molecule has 1 aromatic rings. The fraction of sp³-hybridized carbons (Fsp3) is 0.791. The van der Waals surface area contributed by atoms with Gasteiger partial charge in [0, 0.05) is 30.7 Å². The zero-order valence-electron chi connectivity index (χ0n) is 32.7. The Labute approximate surface area is 299 Å². The van der Waals surface area contributed by atoms with E-state index in [9.17, 15) is 14.4 Å². The molecule has 1 unspecified atom stereocenters. The molecule has 4 atom stereocenters. The number of carbonyl (C=O) groups is 3. The van der Waals surface area contributed by atoms with E-state index in [4.69, 9.17) is 14.6 Å². The summed E-state index contributed by atoms with van der Waals surface area (Å²) in [6.07, 6.45) is 21.9. The second-order valence-electron chi connectivity index (χ2n) is 16.3. The Bertz CT molecular complexity index is 1160. The van der Waals surface area contributed by atoms with Crippen molar-refractivity contribution in [2.75, 3.05) is 0 Å². The van der Waals surface area contributed by atoms with Gasteiger partial charge < -0.3 is 19.4 Å². The minimum atomic E-state index is -0.715. The van der Waals surface area contributed by atoms with Crippen LogP contribution in [0.25, 0.3) is 0 Å². The molecule has 1 heterocycles. The number of carbonyl (C=O) groups excluding carboxylic acids is 2. The predicted molar refractivity (Wildman–Crippen MR) is 202 cm³/mol. The quantitative estimate of drug-likeness (QED) is 0.0452. The van der Waals surface area contributed by atoms with Crippen LogP contribution in [0.2, 0.25) is 0 Å². The summed E-state index contributed by atoms with van der Waals surface area (Å²) in [5.41, 5.74) is 3.70. The largest absolute Gasteiger partial charge is 0.487 e. The van der Waals surface area contributed by atoms with E-state index >= 15 is 0 Å². The molecule has 6 nitrogen and oxygen atoms in total. The van der Waals surface area contributed by atoms with Crippen molar-refractivity contribution in [3.63, 3.8) is 0 Å². The molecule has 0 saturated heterocycles. The first-order chi connectivity index (χ1) is 23.3. The van der Waals surface area contributed by atoms with E-state index in [1.165, 1.54) is 38.5 Å². The summed E-state index contributed by atoms with van der Waals surface area (Å²) in [6, 6.07) is 0. The van der Waals surface area contributed by atoms with E-state index in [1.807, 2.05) is 13.8 Å². The number of esters is 1. The molecular formula is C43H72O6. The maximum Gasteiger partial charge on any atom is 0.311 e. The highest BCUT2D eigenvalue weighted by Crippen LogP contribution is 2.47. The van der Waals surface area contributed by atoms with Crippen LogP contribution in [0.1, 0.15) is 185 Å². The number of rotatable bonds is 26. The summed E-state index contributed by atoms with van der Waals surface area (Å²) in [5.74, 6) is 3.12. The van der Waals surface area contributed by atoms with E-state index in [0.29, 0.717) is 24.5 Å². The SMILES string of the molecule is Cc1c(C)c2c(c(C)c1OC(=O)CCCCCCCCCCC(=O)O)CC[C@@](C)(C(CC=O)CC[C@H](C)CCC[C@H](C)CCCC(C)C)O2. The van der Waals surface area contributed by atoms with Gasteiger partial charge in [-0.25, -0.2) is 0 Å². The molecule has 0 aliphatic carbocycles. The Hall–Kier alpha value is -2.37. The molecule has 0 amide bonds. The molecule has 0 radical (unpaired) electrons. The first-order valence-corrected chi connectivity index (χ1v) is 20.0. The van der Waals surface area contributed by atoms with Gasteiger partial charge in [0.2, 0.25) is 0 Å².